The molecule has 1 aromatic carbocycles. The van der Waals surface area contributed by atoms with Crippen LogP contribution in [-0.4, -0.2) is 35.1 Å². The molecule has 4 heteroatoms. The van der Waals surface area contributed by atoms with Gasteiger partial charge in [-0.05, 0) is 36.6 Å². The Labute approximate surface area is 131 Å². The Morgan fingerprint density at radius 2 is 1.90 bits per heavy atom. The van der Waals surface area contributed by atoms with E-state index >= 15 is 0 Å². The molecule has 1 fully saturated rings. The summed E-state index contributed by atoms with van der Waals surface area (Å²) in [4.78, 5) is 14.2. The second kappa shape index (κ2) is 8.20. The van der Waals surface area contributed by atoms with Crippen LogP contribution in [0.15, 0.2) is 30.3 Å². The molecule has 0 spiro atoms. The van der Waals surface area contributed by atoms with Gasteiger partial charge in [-0.15, -0.1) is 0 Å². The van der Waals surface area contributed by atoms with Crippen molar-refractivity contribution < 1.29 is 9.90 Å². The molecule has 0 aromatic heterocycles. The predicted molar refractivity (Wildman–Crippen MR) is 86.2 cm³/mol. The molecule has 1 aromatic rings. The number of hydrogen-bond acceptors (Lipinski definition) is 2. The minimum Gasteiger partial charge on any atom is -0.395 e. The van der Waals surface area contributed by atoms with Crippen LogP contribution in [0.3, 0.4) is 0 Å². The number of rotatable bonds is 5. The maximum absolute atomic E-state index is 12.4. The first-order valence-corrected chi connectivity index (χ1v) is 7.93. The first-order chi connectivity index (χ1) is 10.2. The van der Waals surface area contributed by atoms with E-state index in [1.54, 1.807) is 24.3 Å². The number of hydrogen-bond donors (Lipinski definition) is 1. The Kier molecular flexibility index (Phi) is 6.27. The molecule has 0 radical (unpaired) electrons. The molecule has 1 aliphatic carbocycles. The van der Waals surface area contributed by atoms with Crippen LogP contribution in [0.5, 0.6) is 0 Å². The number of benzene rings is 1. The van der Waals surface area contributed by atoms with Crippen LogP contribution in [-0.2, 0) is 4.79 Å². The number of carbonyl (C=O) groups is 1. The molecule has 21 heavy (non-hydrogen) atoms. The average Bonchev–Trinajstić information content (AvgIpc) is 2.52. The number of halogens is 1. The summed E-state index contributed by atoms with van der Waals surface area (Å²) in [5.74, 6) is -0.0223. The molecule has 3 nitrogen and oxygen atoms in total. The Hall–Kier alpha value is -1.32. The highest BCUT2D eigenvalue weighted by Gasteiger charge is 2.23. The molecule has 0 bridgehead atoms. The fourth-order valence-electron chi connectivity index (χ4n) is 2.81. The first kappa shape index (κ1) is 16.1. The minimum atomic E-state index is -0.0223. The summed E-state index contributed by atoms with van der Waals surface area (Å²) >= 11 is 5.84. The molecule has 0 aliphatic heterocycles. The molecule has 1 saturated carbocycles. The Morgan fingerprint density at radius 3 is 2.52 bits per heavy atom. The Morgan fingerprint density at radius 1 is 1.24 bits per heavy atom. The minimum absolute atomic E-state index is 0.0109. The molecule has 2 rings (SSSR count). The van der Waals surface area contributed by atoms with Crippen molar-refractivity contribution in [1.29, 1.82) is 0 Å². The molecule has 0 unspecified atom stereocenters. The zero-order valence-electron chi connectivity index (χ0n) is 12.2. The maximum atomic E-state index is 12.4. The standard InChI is InChI=1S/C17H22ClNO2/c18-15-9-6-14(7-10-15)8-11-17(21)19(12-13-20)16-4-2-1-3-5-16/h6-11,16,20H,1-5,12-13H2/b11-8+. The van der Waals surface area contributed by atoms with Gasteiger partial charge in [0.2, 0.25) is 5.91 Å². The molecule has 0 heterocycles. The highest BCUT2D eigenvalue weighted by Crippen LogP contribution is 2.23. The summed E-state index contributed by atoms with van der Waals surface area (Å²) < 4.78 is 0. The predicted octanol–water partition coefficient (Wildman–Crippen LogP) is 3.51. The molecular formula is C17H22ClNO2. The Balaban J connectivity index is 2.01. The molecular weight excluding hydrogens is 286 g/mol. The van der Waals surface area contributed by atoms with E-state index in [-0.39, 0.29) is 18.6 Å². The van der Waals surface area contributed by atoms with Crippen LogP contribution in [0.4, 0.5) is 0 Å². The summed E-state index contributed by atoms with van der Waals surface area (Å²) in [6.07, 6.45) is 9.06. The van der Waals surface area contributed by atoms with Gasteiger partial charge in [0.25, 0.3) is 0 Å². The van der Waals surface area contributed by atoms with Crippen LogP contribution in [0, 0.1) is 0 Å². The van der Waals surface area contributed by atoms with Crippen LogP contribution >= 0.6 is 11.6 Å². The molecule has 1 N–H and O–H groups in total. The summed E-state index contributed by atoms with van der Waals surface area (Å²) in [6, 6.07) is 7.64. The number of aliphatic hydroxyl groups excluding tert-OH is 1. The van der Waals surface area contributed by atoms with Gasteiger partial charge in [0.15, 0.2) is 0 Å². The van der Waals surface area contributed by atoms with E-state index in [4.69, 9.17) is 11.6 Å². The van der Waals surface area contributed by atoms with Crippen molar-refractivity contribution in [3.63, 3.8) is 0 Å². The first-order valence-electron chi connectivity index (χ1n) is 7.56. The lowest BCUT2D eigenvalue weighted by Gasteiger charge is -2.33. The summed E-state index contributed by atoms with van der Waals surface area (Å²) in [5.41, 5.74) is 0.945. The zero-order chi connectivity index (χ0) is 15.1. The molecule has 1 amide bonds. The lowest BCUT2D eigenvalue weighted by Crippen LogP contribution is -2.42. The van der Waals surface area contributed by atoms with Gasteiger partial charge < -0.3 is 10.0 Å². The third-order valence-electron chi connectivity index (χ3n) is 3.93. The SMILES string of the molecule is O=C(/C=C/c1ccc(Cl)cc1)N(CCO)C1CCCCC1. The molecule has 0 atom stereocenters. The molecule has 1 aliphatic rings. The van der Waals surface area contributed by atoms with E-state index in [9.17, 15) is 9.90 Å². The average molecular weight is 308 g/mol. The normalized spacial score (nSPS) is 16.3. The fourth-order valence-corrected chi connectivity index (χ4v) is 2.94. The van der Waals surface area contributed by atoms with Crippen LogP contribution in [0.1, 0.15) is 37.7 Å². The van der Waals surface area contributed by atoms with E-state index < -0.39 is 0 Å². The van der Waals surface area contributed by atoms with Gasteiger partial charge >= 0.3 is 0 Å². The topological polar surface area (TPSA) is 40.5 Å². The quantitative estimate of drug-likeness (QED) is 0.846. The van der Waals surface area contributed by atoms with Gasteiger partial charge in [-0.1, -0.05) is 43.0 Å². The monoisotopic (exact) mass is 307 g/mol. The van der Waals surface area contributed by atoms with Crippen molar-refractivity contribution in [2.45, 2.75) is 38.1 Å². The smallest absolute Gasteiger partial charge is 0.246 e. The van der Waals surface area contributed by atoms with Gasteiger partial charge in [-0.25, -0.2) is 0 Å². The summed E-state index contributed by atoms with van der Waals surface area (Å²) in [7, 11) is 0. The van der Waals surface area contributed by atoms with Crippen molar-refractivity contribution in [2.24, 2.45) is 0 Å². The largest absolute Gasteiger partial charge is 0.395 e. The third kappa shape index (κ3) is 4.87. The van der Waals surface area contributed by atoms with Crippen molar-refractivity contribution in [2.75, 3.05) is 13.2 Å². The van der Waals surface area contributed by atoms with E-state index in [0.29, 0.717) is 11.6 Å². The van der Waals surface area contributed by atoms with Crippen molar-refractivity contribution in [3.05, 3.63) is 40.9 Å². The van der Waals surface area contributed by atoms with E-state index in [1.807, 2.05) is 17.0 Å². The van der Waals surface area contributed by atoms with Crippen LogP contribution in [0.25, 0.3) is 6.08 Å². The van der Waals surface area contributed by atoms with E-state index in [0.717, 1.165) is 18.4 Å². The van der Waals surface area contributed by atoms with Crippen LogP contribution in [0.2, 0.25) is 5.02 Å². The number of carbonyl (C=O) groups excluding carboxylic acids is 1. The lowest BCUT2D eigenvalue weighted by molar-refractivity contribution is -0.129. The Bertz CT molecular complexity index is 478. The van der Waals surface area contributed by atoms with E-state index in [1.165, 1.54) is 19.3 Å². The van der Waals surface area contributed by atoms with Crippen molar-refractivity contribution in [3.8, 4) is 0 Å². The maximum Gasteiger partial charge on any atom is 0.246 e. The zero-order valence-corrected chi connectivity index (χ0v) is 12.9. The molecule has 114 valence electrons. The highest BCUT2D eigenvalue weighted by molar-refractivity contribution is 6.30. The summed E-state index contributed by atoms with van der Waals surface area (Å²) in [5, 5.41) is 9.88. The van der Waals surface area contributed by atoms with Crippen LogP contribution < -0.4 is 0 Å². The van der Waals surface area contributed by atoms with Gasteiger partial charge in [0, 0.05) is 23.7 Å². The van der Waals surface area contributed by atoms with Gasteiger partial charge in [0.05, 0.1) is 6.61 Å². The fraction of sp³-hybridized carbons (Fsp3) is 0.471. The highest BCUT2D eigenvalue weighted by atomic mass is 35.5. The number of nitrogens with zero attached hydrogens (tertiary/aromatic N) is 1. The number of amides is 1. The van der Waals surface area contributed by atoms with Crippen molar-refractivity contribution >= 4 is 23.6 Å². The third-order valence-corrected chi connectivity index (χ3v) is 4.18. The van der Waals surface area contributed by atoms with E-state index in [2.05, 4.69) is 0 Å². The second-order valence-corrected chi connectivity index (χ2v) is 5.87. The van der Waals surface area contributed by atoms with Crippen molar-refractivity contribution in [1.82, 2.24) is 4.90 Å². The second-order valence-electron chi connectivity index (χ2n) is 5.43. The summed E-state index contributed by atoms with van der Waals surface area (Å²) in [6.45, 7) is 0.422. The molecule has 0 saturated heterocycles. The van der Waals surface area contributed by atoms with Gasteiger partial charge in [0.1, 0.15) is 0 Å². The van der Waals surface area contributed by atoms with Gasteiger partial charge in [-0.2, -0.15) is 0 Å². The van der Waals surface area contributed by atoms with Gasteiger partial charge in [-0.3, -0.25) is 4.79 Å². The number of aliphatic hydroxyl groups is 1. The lowest BCUT2D eigenvalue weighted by atomic mass is 9.94.